The summed E-state index contributed by atoms with van der Waals surface area (Å²) >= 11 is 5.90. The average Bonchev–Trinajstić information content (AvgIpc) is 3.37. The summed E-state index contributed by atoms with van der Waals surface area (Å²) in [6.07, 6.45) is 5.31. The van der Waals surface area contributed by atoms with Crippen molar-refractivity contribution >= 4 is 46.0 Å². The number of likely N-dealkylation sites (tertiary alicyclic amines) is 1. The zero-order valence-electron chi connectivity index (χ0n) is 18.0. The Hall–Kier alpha value is -3.11. The van der Waals surface area contributed by atoms with Crippen molar-refractivity contribution in [3.8, 4) is 0 Å². The lowest BCUT2D eigenvalue weighted by Crippen LogP contribution is -2.50. The second kappa shape index (κ2) is 9.40. The molecule has 3 aromatic rings. The average molecular weight is 471 g/mol. The first-order valence-corrected chi connectivity index (χ1v) is 11.4. The van der Waals surface area contributed by atoms with Crippen molar-refractivity contribution in [2.45, 2.75) is 12.8 Å². The summed E-state index contributed by atoms with van der Waals surface area (Å²) in [5.74, 6) is 0.807. The third kappa shape index (κ3) is 4.81. The van der Waals surface area contributed by atoms with Gasteiger partial charge in [0, 0.05) is 45.0 Å². The minimum atomic E-state index is -0.486. The number of piperazine rings is 1. The zero-order chi connectivity index (χ0) is 22.8. The van der Waals surface area contributed by atoms with Gasteiger partial charge in [-0.05, 0) is 31.0 Å². The topological polar surface area (TPSA) is 90.4 Å². The molecule has 2 aliphatic rings. The fraction of sp³-hybridized carbons (Fsp3) is 0.409. The van der Waals surface area contributed by atoms with Crippen LogP contribution in [0.5, 0.6) is 0 Å². The lowest BCUT2D eigenvalue weighted by atomic mass is 10.3. The Balaban J connectivity index is 1.28. The van der Waals surface area contributed by atoms with Gasteiger partial charge in [0.1, 0.15) is 23.2 Å². The highest BCUT2D eigenvalue weighted by molar-refractivity contribution is 6.31. The number of fused-ring (bicyclic) bond motifs is 1. The smallest absolute Gasteiger partial charge is 0.236 e. The van der Waals surface area contributed by atoms with Crippen molar-refractivity contribution < 1.29 is 9.18 Å². The molecule has 0 atom stereocenters. The number of aromatic nitrogens is 4. The SMILES string of the molecule is O=C(CN1CCN(c2ncc3ncnc(Nc4ccc(F)c(Cl)c4)c3n2)CC1)N1CCCC1. The van der Waals surface area contributed by atoms with Crippen molar-refractivity contribution in [1.29, 1.82) is 0 Å². The van der Waals surface area contributed by atoms with Crippen molar-refractivity contribution in [2.24, 2.45) is 0 Å². The van der Waals surface area contributed by atoms with Gasteiger partial charge in [0.05, 0.1) is 17.8 Å². The number of halogens is 2. The van der Waals surface area contributed by atoms with Gasteiger partial charge in [-0.15, -0.1) is 0 Å². The number of benzene rings is 1. The number of amides is 1. The first kappa shape index (κ1) is 21.7. The largest absolute Gasteiger partial charge is 0.342 e. The number of hydrogen-bond acceptors (Lipinski definition) is 8. The maximum absolute atomic E-state index is 13.5. The summed E-state index contributed by atoms with van der Waals surface area (Å²) in [7, 11) is 0. The third-order valence-corrected chi connectivity index (χ3v) is 6.31. The Morgan fingerprint density at radius 3 is 2.61 bits per heavy atom. The fourth-order valence-electron chi connectivity index (χ4n) is 4.16. The van der Waals surface area contributed by atoms with Gasteiger partial charge in [-0.1, -0.05) is 11.6 Å². The molecule has 0 saturated carbocycles. The van der Waals surface area contributed by atoms with E-state index in [1.807, 2.05) is 4.90 Å². The standard InChI is InChI=1S/C22H24ClFN8O/c23-16-11-15(3-4-17(16)24)28-21-20-18(26-14-27-21)12-25-22(29-20)32-9-7-30(8-10-32)13-19(33)31-5-1-2-6-31/h3-4,11-12,14H,1-2,5-10,13H2,(H,26,27,28). The van der Waals surface area contributed by atoms with Crippen LogP contribution >= 0.6 is 11.6 Å². The zero-order valence-corrected chi connectivity index (χ0v) is 18.8. The van der Waals surface area contributed by atoms with Crippen LogP contribution in [0.4, 0.5) is 21.8 Å². The van der Waals surface area contributed by atoms with Crippen LogP contribution in [0.15, 0.2) is 30.7 Å². The number of carbonyl (C=O) groups is 1. The Bertz CT molecular complexity index is 1160. The maximum atomic E-state index is 13.5. The summed E-state index contributed by atoms with van der Waals surface area (Å²) in [6.45, 7) is 5.22. The highest BCUT2D eigenvalue weighted by atomic mass is 35.5. The minimum Gasteiger partial charge on any atom is -0.342 e. The van der Waals surface area contributed by atoms with Crippen LogP contribution in [0.1, 0.15) is 12.8 Å². The number of nitrogens with zero attached hydrogens (tertiary/aromatic N) is 7. The van der Waals surface area contributed by atoms with E-state index in [2.05, 4.69) is 30.1 Å². The molecule has 33 heavy (non-hydrogen) atoms. The van der Waals surface area contributed by atoms with Gasteiger partial charge >= 0.3 is 0 Å². The van der Waals surface area contributed by atoms with Gasteiger partial charge in [-0.2, -0.15) is 0 Å². The van der Waals surface area contributed by atoms with E-state index in [0.29, 0.717) is 35.0 Å². The molecule has 1 amide bonds. The quantitative estimate of drug-likeness (QED) is 0.608. The van der Waals surface area contributed by atoms with E-state index in [1.54, 1.807) is 12.3 Å². The van der Waals surface area contributed by atoms with E-state index in [4.69, 9.17) is 16.6 Å². The first-order chi connectivity index (χ1) is 16.1. The predicted octanol–water partition coefficient (Wildman–Crippen LogP) is 2.70. The highest BCUT2D eigenvalue weighted by Gasteiger charge is 2.24. The lowest BCUT2D eigenvalue weighted by molar-refractivity contribution is -0.131. The van der Waals surface area contributed by atoms with Crippen LogP contribution in [-0.2, 0) is 4.79 Å². The van der Waals surface area contributed by atoms with E-state index in [0.717, 1.165) is 52.1 Å². The van der Waals surface area contributed by atoms with Crippen molar-refractivity contribution in [3.05, 3.63) is 41.6 Å². The van der Waals surface area contributed by atoms with Crippen molar-refractivity contribution in [3.63, 3.8) is 0 Å². The van der Waals surface area contributed by atoms with Crippen LogP contribution in [0.3, 0.4) is 0 Å². The van der Waals surface area contributed by atoms with E-state index >= 15 is 0 Å². The minimum absolute atomic E-state index is 0.0229. The second-order valence-electron chi connectivity index (χ2n) is 8.23. The third-order valence-electron chi connectivity index (χ3n) is 6.02. The molecule has 2 aromatic heterocycles. The van der Waals surface area contributed by atoms with Gasteiger partial charge in [0.25, 0.3) is 0 Å². The number of nitrogens with one attached hydrogen (secondary N) is 1. The Labute approximate surface area is 195 Å². The number of carbonyl (C=O) groups excluding carboxylic acids is 1. The van der Waals surface area contributed by atoms with Gasteiger partial charge < -0.3 is 15.1 Å². The Kier molecular flexibility index (Phi) is 6.19. The molecule has 0 spiro atoms. The molecule has 0 aliphatic carbocycles. The molecule has 11 heteroatoms. The summed E-state index contributed by atoms with van der Waals surface area (Å²) in [4.78, 5) is 36.4. The monoisotopic (exact) mass is 470 g/mol. The van der Waals surface area contributed by atoms with E-state index in [1.165, 1.54) is 18.5 Å². The summed E-state index contributed by atoms with van der Waals surface area (Å²) < 4.78 is 13.5. The normalized spacial score (nSPS) is 17.0. The maximum Gasteiger partial charge on any atom is 0.236 e. The molecule has 1 N–H and O–H groups in total. The summed E-state index contributed by atoms with van der Waals surface area (Å²) in [5, 5.41) is 3.16. The molecule has 2 saturated heterocycles. The van der Waals surface area contributed by atoms with Crippen molar-refractivity contribution in [1.82, 2.24) is 29.7 Å². The van der Waals surface area contributed by atoms with Gasteiger partial charge in [-0.25, -0.2) is 24.3 Å². The predicted molar refractivity (Wildman–Crippen MR) is 124 cm³/mol. The molecular formula is C22H24ClFN8O. The van der Waals surface area contributed by atoms with Crippen LogP contribution in [-0.4, -0.2) is 81.5 Å². The first-order valence-electron chi connectivity index (χ1n) is 11.0. The van der Waals surface area contributed by atoms with E-state index in [9.17, 15) is 9.18 Å². The molecule has 0 bridgehead atoms. The number of rotatable bonds is 5. The van der Waals surface area contributed by atoms with Crippen LogP contribution in [0.2, 0.25) is 5.02 Å². The van der Waals surface area contributed by atoms with E-state index in [-0.39, 0.29) is 10.9 Å². The molecule has 4 heterocycles. The molecule has 1 aromatic carbocycles. The summed E-state index contributed by atoms with van der Waals surface area (Å²) in [6, 6.07) is 4.37. The molecule has 0 radical (unpaired) electrons. The van der Waals surface area contributed by atoms with Crippen LogP contribution in [0.25, 0.3) is 11.0 Å². The molecule has 0 unspecified atom stereocenters. The number of hydrogen-bond donors (Lipinski definition) is 1. The lowest BCUT2D eigenvalue weighted by Gasteiger charge is -2.35. The highest BCUT2D eigenvalue weighted by Crippen LogP contribution is 2.26. The molecule has 9 nitrogen and oxygen atoms in total. The second-order valence-corrected chi connectivity index (χ2v) is 8.64. The Morgan fingerprint density at radius 2 is 1.85 bits per heavy atom. The Morgan fingerprint density at radius 1 is 1.06 bits per heavy atom. The molecule has 2 fully saturated rings. The van der Waals surface area contributed by atoms with Gasteiger partial charge in [0.15, 0.2) is 5.82 Å². The van der Waals surface area contributed by atoms with Crippen LogP contribution < -0.4 is 10.2 Å². The van der Waals surface area contributed by atoms with E-state index < -0.39 is 5.82 Å². The number of anilines is 3. The van der Waals surface area contributed by atoms with Gasteiger partial charge in [-0.3, -0.25) is 9.69 Å². The molecular weight excluding hydrogens is 447 g/mol. The van der Waals surface area contributed by atoms with Crippen LogP contribution in [0, 0.1) is 5.82 Å². The van der Waals surface area contributed by atoms with Crippen molar-refractivity contribution in [2.75, 3.05) is 56.0 Å². The molecule has 5 rings (SSSR count). The van der Waals surface area contributed by atoms with Gasteiger partial charge in [0.2, 0.25) is 11.9 Å². The molecule has 2 aliphatic heterocycles. The molecule has 172 valence electrons. The summed E-state index contributed by atoms with van der Waals surface area (Å²) in [5.41, 5.74) is 1.76. The fourth-order valence-corrected chi connectivity index (χ4v) is 4.34.